The van der Waals surface area contributed by atoms with Crippen LogP contribution in [0.2, 0.25) is 0 Å². The number of fused-ring (bicyclic) bond motifs is 2. The molecule has 0 saturated carbocycles. The van der Waals surface area contributed by atoms with Crippen molar-refractivity contribution in [1.29, 1.82) is 0 Å². The summed E-state index contributed by atoms with van der Waals surface area (Å²) in [6.45, 7) is 3.80. The van der Waals surface area contributed by atoms with Crippen molar-refractivity contribution in [2.75, 3.05) is 0 Å². The van der Waals surface area contributed by atoms with Gasteiger partial charge in [-0.3, -0.25) is 0 Å². The topological polar surface area (TPSA) is 40.5 Å². The molecule has 4 aromatic carbocycles. The number of aromatic hydroxyl groups is 2. The third kappa shape index (κ3) is 2.04. The molecule has 4 aromatic rings. The summed E-state index contributed by atoms with van der Waals surface area (Å²) in [4.78, 5) is 0. The Morgan fingerprint density at radius 3 is 2.04 bits per heavy atom. The summed E-state index contributed by atoms with van der Waals surface area (Å²) in [7, 11) is 0. The lowest BCUT2D eigenvalue weighted by molar-refractivity contribution is 0.469. The SMILES string of the molecule is C=Cc1cc2ccccc2c(-c2c(O)ccc3ccccc23)c1O. The number of phenolic OH excluding ortho intramolecular Hbond substituents is 2. The van der Waals surface area contributed by atoms with Crippen LogP contribution in [0.15, 0.2) is 73.3 Å². The van der Waals surface area contributed by atoms with Crippen LogP contribution in [0.3, 0.4) is 0 Å². The van der Waals surface area contributed by atoms with E-state index in [0.717, 1.165) is 21.5 Å². The Hall–Kier alpha value is -3.26. The van der Waals surface area contributed by atoms with Crippen LogP contribution in [0.1, 0.15) is 5.56 Å². The van der Waals surface area contributed by atoms with Crippen LogP contribution in [-0.4, -0.2) is 10.2 Å². The predicted octanol–water partition coefficient (Wildman–Crippen LogP) is 5.71. The van der Waals surface area contributed by atoms with Crippen molar-refractivity contribution in [2.24, 2.45) is 0 Å². The minimum absolute atomic E-state index is 0.135. The van der Waals surface area contributed by atoms with Crippen molar-refractivity contribution in [3.05, 3.63) is 78.9 Å². The first-order chi connectivity index (χ1) is 11.7. The lowest BCUT2D eigenvalue weighted by Gasteiger charge is -2.16. The first kappa shape index (κ1) is 14.3. The number of hydrogen-bond donors (Lipinski definition) is 2. The molecule has 116 valence electrons. The van der Waals surface area contributed by atoms with Gasteiger partial charge in [0.2, 0.25) is 0 Å². The van der Waals surface area contributed by atoms with Crippen LogP contribution in [0.5, 0.6) is 11.5 Å². The molecule has 0 aliphatic rings. The largest absolute Gasteiger partial charge is 0.507 e. The van der Waals surface area contributed by atoms with Gasteiger partial charge in [-0.2, -0.15) is 0 Å². The minimum Gasteiger partial charge on any atom is -0.507 e. The normalized spacial score (nSPS) is 11.0. The monoisotopic (exact) mass is 312 g/mol. The molecule has 0 aliphatic carbocycles. The maximum absolute atomic E-state index is 10.8. The van der Waals surface area contributed by atoms with E-state index < -0.39 is 0 Å². The second-order valence-electron chi connectivity index (χ2n) is 5.80. The molecular formula is C22H16O2. The van der Waals surface area contributed by atoms with Gasteiger partial charge in [0, 0.05) is 16.7 Å². The van der Waals surface area contributed by atoms with Gasteiger partial charge < -0.3 is 10.2 Å². The fourth-order valence-corrected chi connectivity index (χ4v) is 3.29. The summed E-state index contributed by atoms with van der Waals surface area (Å²) < 4.78 is 0. The van der Waals surface area contributed by atoms with E-state index in [9.17, 15) is 10.2 Å². The molecule has 4 rings (SSSR count). The molecule has 0 spiro atoms. The molecule has 0 radical (unpaired) electrons. The van der Waals surface area contributed by atoms with Gasteiger partial charge in [-0.05, 0) is 33.7 Å². The van der Waals surface area contributed by atoms with Crippen LogP contribution in [0.25, 0.3) is 38.7 Å². The molecule has 2 heteroatoms. The van der Waals surface area contributed by atoms with Crippen LogP contribution < -0.4 is 0 Å². The third-order valence-electron chi connectivity index (χ3n) is 4.43. The fraction of sp³-hybridized carbons (Fsp3) is 0. The standard InChI is InChI=1S/C22H16O2/c1-2-14-13-16-8-4-6-10-18(16)21(22(14)24)20-17-9-5-3-7-15(17)11-12-19(20)23/h2-13,23-24H,1H2. The van der Waals surface area contributed by atoms with Crippen LogP contribution in [0.4, 0.5) is 0 Å². The molecule has 24 heavy (non-hydrogen) atoms. The molecule has 0 aromatic heterocycles. The van der Waals surface area contributed by atoms with Gasteiger partial charge in [-0.1, -0.05) is 67.3 Å². The highest BCUT2D eigenvalue weighted by Gasteiger charge is 2.18. The number of benzene rings is 4. The summed E-state index contributed by atoms with van der Waals surface area (Å²) in [5.74, 6) is 0.283. The Labute approximate surface area is 139 Å². The Balaban J connectivity index is 2.24. The quantitative estimate of drug-likeness (QED) is 0.497. The average Bonchev–Trinajstić information content (AvgIpc) is 2.62. The summed E-state index contributed by atoms with van der Waals surface area (Å²) in [6.07, 6.45) is 1.63. The Bertz CT molecular complexity index is 1090. The molecule has 0 aliphatic heterocycles. The van der Waals surface area contributed by atoms with E-state index in [4.69, 9.17) is 0 Å². The molecule has 0 amide bonds. The zero-order valence-electron chi connectivity index (χ0n) is 13.0. The highest BCUT2D eigenvalue weighted by molar-refractivity contribution is 6.10. The Morgan fingerprint density at radius 2 is 1.33 bits per heavy atom. The van der Waals surface area contributed by atoms with Gasteiger partial charge in [0.1, 0.15) is 11.5 Å². The number of hydrogen-bond acceptors (Lipinski definition) is 2. The number of rotatable bonds is 2. The Kier molecular flexibility index (Phi) is 3.24. The maximum Gasteiger partial charge on any atom is 0.131 e. The van der Waals surface area contributed by atoms with Gasteiger partial charge in [-0.15, -0.1) is 0 Å². The molecular weight excluding hydrogens is 296 g/mol. The molecule has 0 fully saturated rings. The first-order valence-electron chi connectivity index (χ1n) is 7.79. The Morgan fingerprint density at radius 1 is 0.708 bits per heavy atom. The van der Waals surface area contributed by atoms with Crippen LogP contribution >= 0.6 is 0 Å². The molecule has 2 nitrogen and oxygen atoms in total. The van der Waals surface area contributed by atoms with Gasteiger partial charge in [0.25, 0.3) is 0 Å². The molecule has 2 N–H and O–H groups in total. The van der Waals surface area contributed by atoms with E-state index in [2.05, 4.69) is 6.58 Å². The molecule has 0 unspecified atom stereocenters. The van der Waals surface area contributed by atoms with Gasteiger partial charge in [0.15, 0.2) is 0 Å². The molecule has 0 bridgehead atoms. The zero-order chi connectivity index (χ0) is 16.7. The average molecular weight is 312 g/mol. The minimum atomic E-state index is 0.135. The molecule has 0 atom stereocenters. The second kappa shape index (κ2) is 5.43. The van der Waals surface area contributed by atoms with E-state index in [1.54, 1.807) is 12.1 Å². The van der Waals surface area contributed by atoms with Crippen molar-refractivity contribution in [2.45, 2.75) is 0 Å². The van der Waals surface area contributed by atoms with Gasteiger partial charge >= 0.3 is 0 Å². The van der Waals surface area contributed by atoms with Gasteiger partial charge in [0.05, 0.1) is 0 Å². The smallest absolute Gasteiger partial charge is 0.131 e. The van der Waals surface area contributed by atoms with Crippen molar-refractivity contribution >= 4 is 27.6 Å². The van der Waals surface area contributed by atoms with Gasteiger partial charge in [-0.25, -0.2) is 0 Å². The summed E-state index contributed by atoms with van der Waals surface area (Å²) in [6, 6.07) is 21.1. The molecule has 0 heterocycles. The summed E-state index contributed by atoms with van der Waals surface area (Å²) >= 11 is 0. The second-order valence-corrected chi connectivity index (χ2v) is 5.80. The maximum atomic E-state index is 10.8. The zero-order valence-corrected chi connectivity index (χ0v) is 13.0. The van der Waals surface area contributed by atoms with E-state index in [1.807, 2.05) is 60.7 Å². The predicted molar refractivity (Wildman–Crippen MR) is 100 cm³/mol. The van der Waals surface area contributed by atoms with Crippen molar-refractivity contribution in [1.82, 2.24) is 0 Å². The highest BCUT2D eigenvalue weighted by Crippen LogP contribution is 2.46. The lowest BCUT2D eigenvalue weighted by Crippen LogP contribution is -1.89. The highest BCUT2D eigenvalue weighted by atomic mass is 16.3. The van der Waals surface area contributed by atoms with E-state index in [0.29, 0.717) is 16.7 Å². The van der Waals surface area contributed by atoms with Crippen molar-refractivity contribution < 1.29 is 10.2 Å². The van der Waals surface area contributed by atoms with E-state index >= 15 is 0 Å². The third-order valence-corrected chi connectivity index (χ3v) is 4.43. The van der Waals surface area contributed by atoms with Crippen LogP contribution in [-0.2, 0) is 0 Å². The first-order valence-corrected chi connectivity index (χ1v) is 7.79. The number of phenols is 2. The van der Waals surface area contributed by atoms with Crippen molar-refractivity contribution in [3.63, 3.8) is 0 Å². The van der Waals surface area contributed by atoms with Crippen LogP contribution in [0, 0.1) is 0 Å². The molecule has 0 saturated heterocycles. The summed E-state index contributed by atoms with van der Waals surface area (Å²) in [5.41, 5.74) is 1.93. The lowest BCUT2D eigenvalue weighted by atomic mass is 9.90. The van der Waals surface area contributed by atoms with E-state index in [1.165, 1.54) is 0 Å². The van der Waals surface area contributed by atoms with E-state index in [-0.39, 0.29) is 11.5 Å². The van der Waals surface area contributed by atoms with Crippen molar-refractivity contribution in [3.8, 4) is 22.6 Å². The summed E-state index contributed by atoms with van der Waals surface area (Å²) in [5, 5.41) is 25.2. The fourth-order valence-electron chi connectivity index (χ4n) is 3.29.